The predicted molar refractivity (Wildman–Crippen MR) is 85.0 cm³/mol. The monoisotopic (exact) mass is 335 g/mol. The van der Waals surface area contributed by atoms with Crippen LogP contribution in [0.15, 0.2) is 42.5 Å². The molecule has 0 aliphatic rings. The van der Waals surface area contributed by atoms with Crippen molar-refractivity contribution in [2.75, 3.05) is 19.0 Å². The van der Waals surface area contributed by atoms with E-state index in [9.17, 15) is 14.7 Å². The van der Waals surface area contributed by atoms with Crippen molar-refractivity contribution in [2.24, 2.45) is 0 Å². The number of nitrogens with one attached hydrogen (secondary N) is 1. The number of aromatic hydroxyl groups is 1. The fourth-order valence-corrected chi connectivity index (χ4v) is 1.97. The van der Waals surface area contributed by atoms with Gasteiger partial charge in [0.2, 0.25) is 0 Å². The molecule has 0 radical (unpaired) electrons. The summed E-state index contributed by atoms with van der Waals surface area (Å²) in [6.07, 6.45) is 0. The lowest BCUT2D eigenvalue weighted by Crippen LogP contribution is -2.21. The third kappa shape index (κ3) is 4.62. The van der Waals surface area contributed by atoms with Crippen LogP contribution in [-0.2, 0) is 9.53 Å². The van der Waals surface area contributed by atoms with Crippen LogP contribution in [-0.4, -0.2) is 30.7 Å². The normalized spacial score (nSPS) is 10.0. The van der Waals surface area contributed by atoms with E-state index < -0.39 is 18.5 Å². The van der Waals surface area contributed by atoms with E-state index in [1.54, 1.807) is 24.3 Å². The number of methoxy groups -OCH3 is 1. The molecular formula is C16H14ClNO5. The second-order valence-corrected chi connectivity index (χ2v) is 4.95. The summed E-state index contributed by atoms with van der Waals surface area (Å²) in [6, 6.07) is 10.7. The van der Waals surface area contributed by atoms with Gasteiger partial charge in [-0.1, -0.05) is 17.7 Å². The van der Waals surface area contributed by atoms with Gasteiger partial charge in [-0.25, -0.2) is 4.79 Å². The van der Waals surface area contributed by atoms with Crippen LogP contribution in [0.4, 0.5) is 5.69 Å². The van der Waals surface area contributed by atoms with Crippen molar-refractivity contribution in [3.8, 4) is 11.5 Å². The first-order valence-corrected chi connectivity index (χ1v) is 6.97. The summed E-state index contributed by atoms with van der Waals surface area (Å²) in [4.78, 5) is 23.6. The molecule has 120 valence electrons. The first-order chi connectivity index (χ1) is 11.0. The summed E-state index contributed by atoms with van der Waals surface area (Å²) in [6.45, 7) is -0.489. The van der Waals surface area contributed by atoms with Crippen LogP contribution in [0.5, 0.6) is 11.5 Å². The molecule has 23 heavy (non-hydrogen) atoms. The second kappa shape index (κ2) is 7.51. The molecule has 0 bridgehead atoms. The molecule has 0 atom stereocenters. The molecule has 0 heterocycles. The second-order valence-electron chi connectivity index (χ2n) is 4.52. The number of ether oxygens (including phenoxy) is 2. The number of hydrogen-bond acceptors (Lipinski definition) is 5. The number of rotatable bonds is 5. The van der Waals surface area contributed by atoms with Gasteiger partial charge in [0.15, 0.2) is 6.61 Å². The number of phenolic OH excluding ortho intramolecular Hbond substituents is 1. The van der Waals surface area contributed by atoms with Gasteiger partial charge in [0, 0.05) is 16.8 Å². The zero-order chi connectivity index (χ0) is 16.8. The van der Waals surface area contributed by atoms with Crippen LogP contribution in [0, 0.1) is 0 Å². The number of esters is 1. The predicted octanol–water partition coefficient (Wildman–Crippen LogP) is 2.85. The molecule has 6 nitrogen and oxygen atoms in total. The van der Waals surface area contributed by atoms with Gasteiger partial charge in [-0.05, 0) is 30.3 Å². The first-order valence-electron chi connectivity index (χ1n) is 6.59. The molecule has 2 N–H and O–H groups in total. The highest BCUT2D eigenvalue weighted by atomic mass is 35.5. The average molecular weight is 336 g/mol. The van der Waals surface area contributed by atoms with Crippen molar-refractivity contribution in [1.82, 2.24) is 0 Å². The molecule has 0 saturated carbocycles. The quantitative estimate of drug-likeness (QED) is 0.821. The topological polar surface area (TPSA) is 84.9 Å². The molecule has 2 aromatic rings. The molecule has 0 aliphatic carbocycles. The Kier molecular flexibility index (Phi) is 5.43. The lowest BCUT2D eigenvalue weighted by molar-refractivity contribution is -0.119. The molecule has 0 spiro atoms. The van der Waals surface area contributed by atoms with Gasteiger partial charge in [0.1, 0.15) is 17.1 Å². The lowest BCUT2D eigenvalue weighted by atomic mass is 10.2. The van der Waals surface area contributed by atoms with Gasteiger partial charge >= 0.3 is 5.97 Å². The van der Waals surface area contributed by atoms with Gasteiger partial charge in [0.25, 0.3) is 5.91 Å². The molecule has 0 fully saturated rings. The van der Waals surface area contributed by atoms with Crippen molar-refractivity contribution in [2.45, 2.75) is 0 Å². The maximum absolute atomic E-state index is 11.9. The zero-order valence-electron chi connectivity index (χ0n) is 12.2. The van der Waals surface area contributed by atoms with Crippen molar-refractivity contribution in [3.63, 3.8) is 0 Å². The van der Waals surface area contributed by atoms with Crippen LogP contribution in [0.25, 0.3) is 0 Å². The number of hydrogen-bond donors (Lipinski definition) is 2. The Labute approximate surface area is 137 Å². The Bertz CT molecular complexity index is 732. The lowest BCUT2D eigenvalue weighted by Gasteiger charge is -2.08. The molecule has 7 heteroatoms. The van der Waals surface area contributed by atoms with E-state index in [4.69, 9.17) is 21.1 Å². The van der Waals surface area contributed by atoms with Gasteiger partial charge in [-0.15, -0.1) is 0 Å². The van der Waals surface area contributed by atoms with Crippen molar-refractivity contribution in [1.29, 1.82) is 0 Å². The van der Waals surface area contributed by atoms with Crippen LogP contribution >= 0.6 is 11.6 Å². The van der Waals surface area contributed by atoms with Crippen molar-refractivity contribution in [3.05, 3.63) is 53.1 Å². The minimum absolute atomic E-state index is 0.0543. The fraction of sp³-hybridized carbons (Fsp3) is 0.125. The minimum Gasteiger partial charge on any atom is -0.507 e. The van der Waals surface area contributed by atoms with Gasteiger partial charge in [0.05, 0.1) is 7.11 Å². The third-order valence-corrected chi connectivity index (χ3v) is 3.10. The van der Waals surface area contributed by atoms with E-state index in [2.05, 4.69) is 5.32 Å². The molecular weight excluding hydrogens is 322 g/mol. The zero-order valence-corrected chi connectivity index (χ0v) is 13.0. The SMILES string of the molecule is COc1ccc(C(=O)OCC(=O)Nc2cccc(Cl)c2)c(O)c1. The summed E-state index contributed by atoms with van der Waals surface area (Å²) in [7, 11) is 1.44. The van der Waals surface area contributed by atoms with E-state index in [0.717, 1.165) is 0 Å². The van der Waals surface area contributed by atoms with Gasteiger partial charge in [-0.2, -0.15) is 0 Å². The summed E-state index contributed by atoms with van der Waals surface area (Å²) < 4.78 is 9.78. The largest absolute Gasteiger partial charge is 0.507 e. The number of carbonyl (C=O) groups excluding carboxylic acids is 2. The molecule has 0 saturated heterocycles. The number of carbonyl (C=O) groups is 2. The molecule has 0 unspecified atom stereocenters. The standard InChI is InChI=1S/C16H14ClNO5/c1-22-12-5-6-13(14(19)8-12)16(21)23-9-15(20)18-11-4-2-3-10(17)7-11/h2-8,19H,9H2,1H3,(H,18,20). The van der Waals surface area contributed by atoms with Crippen LogP contribution in [0.1, 0.15) is 10.4 Å². The van der Waals surface area contributed by atoms with E-state index in [1.165, 1.54) is 25.3 Å². The Morgan fingerprint density at radius 3 is 2.65 bits per heavy atom. The Hall–Kier alpha value is -2.73. The highest BCUT2D eigenvalue weighted by Gasteiger charge is 2.15. The van der Waals surface area contributed by atoms with Crippen LogP contribution < -0.4 is 10.1 Å². The Balaban J connectivity index is 1.92. The van der Waals surface area contributed by atoms with Crippen LogP contribution in [0.2, 0.25) is 5.02 Å². The number of amides is 1. The highest BCUT2D eigenvalue weighted by Crippen LogP contribution is 2.24. The first kappa shape index (κ1) is 16.6. The van der Waals surface area contributed by atoms with Crippen LogP contribution in [0.3, 0.4) is 0 Å². The molecule has 0 aromatic heterocycles. The summed E-state index contributed by atoms with van der Waals surface area (Å²) in [5.74, 6) is -1.22. The molecule has 2 rings (SSSR count). The smallest absolute Gasteiger partial charge is 0.342 e. The molecule has 1 amide bonds. The number of anilines is 1. The minimum atomic E-state index is -0.814. The van der Waals surface area contributed by atoms with Crippen molar-refractivity contribution >= 4 is 29.2 Å². The molecule has 0 aliphatic heterocycles. The van der Waals surface area contributed by atoms with E-state index in [1.807, 2.05) is 0 Å². The van der Waals surface area contributed by atoms with Gasteiger partial charge < -0.3 is 19.9 Å². The molecule has 2 aromatic carbocycles. The highest BCUT2D eigenvalue weighted by molar-refractivity contribution is 6.30. The van der Waals surface area contributed by atoms with Gasteiger partial charge in [-0.3, -0.25) is 4.79 Å². The van der Waals surface area contributed by atoms with E-state index >= 15 is 0 Å². The van der Waals surface area contributed by atoms with E-state index in [-0.39, 0.29) is 11.3 Å². The third-order valence-electron chi connectivity index (χ3n) is 2.87. The van der Waals surface area contributed by atoms with E-state index in [0.29, 0.717) is 16.5 Å². The fourth-order valence-electron chi connectivity index (χ4n) is 1.78. The average Bonchev–Trinajstić information content (AvgIpc) is 2.52. The number of benzene rings is 2. The maximum atomic E-state index is 11.9. The summed E-state index contributed by atoms with van der Waals surface area (Å²) in [5.41, 5.74) is 0.437. The maximum Gasteiger partial charge on any atom is 0.342 e. The Morgan fingerprint density at radius 1 is 1.22 bits per heavy atom. The van der Waals surface area contributed by atoms with Crippen molar-refractivity contribution < 1.29 is 24.2 Å². The summed E-state index contributed by atoms with van der Waals surface area (Å²) in [5, 5.41) is 12.7. The summed E-state index contributed by atoms with van der Waals surface area (Å²) >= 11 is 5.80. The number of phenols is 1. The number of halogens is 1. The Morgan fingerprint density at radius 2 is 2.00 bits per heavy atom.